The molecular weight excluding hydrogens is 414 g/mol. The molecule has 1 N–H and O–H groups in total. The quantitative estimate of drug-likeness (QED) is 0.692. The molecule has 6 nitrogen and oxygen atoms in total. The first kappa shape index (κ1) is 23.5. The van der Waals surface area contributed by atoms with Gasteiger partial charge in [0.25, 0.3) is 5.91 Å². The summed E-state index contributed by atoms with van der Waals surface area (Å²) in [7, 11) is 2.09. The Balaban J connectivity index is 1.62. The Bertz CT molecular complexity index is 991. The molecule has 176 valence electrons. The van der Waals surface area contributed by atoms with Gasteiger partial charge in [-0.1, -0.05) is 43.3 Å². The molecule has 0 saturated heterocycles. The zero-order chi connectivity index (χ0) is 23.4. The summed E-state index contributed by atoms with van der Waals surface area (Å²) in [5.74, 6) is 0.345. The zero-order valence-corrected chi connectivity index (χ0v) is 19.9. The van der Waals surface area contributed by atoms with Gasteiger partial charge in [-0.25, -0.2) is 4.98 Å². The van der Waals surface area contributed by atoms with E-state index in [9.17, 15) is 9.90 Å². The van der Waals surface area contributed by atoms with Crippen LogP contribution in [0.1, 0.15) is 54.6 Å². The minimum Gasteiger partial charge on any atom is -0.472 e. The standard InChI is InChI=1S/C27H35N3O3/c1-19-15-30(20(2)18-31)27(32)24-13-23(22-11-7-8-12-22)14-28-26(24)33-25(19)17-29(3)16-21-9-5-4-6-10-21/h4-6,9-11,13-14,19-20,25,31H,7-8,12,15-18H2,1-3H3/t19-,20+,25+/m1/s1. The molecule has 2 heterocycles. The fourth-order valence-electron chi connectivity index (χ4n) is 4.70. The normalized spacial score (nSPS) is 21.8. The summed E-state index contributed by atoms with van der Waals surface area (Å²) >= 11 is 0. The van der Waals surface area contributed by atoms with Gasteiger partial charge in [-0.2, -0.15) is 0 Å². The first-order valence-electron chi connectivity index (χ1n) is 12.0. The summed E-state index contributed by atoms with van der Waals surface area (Å²) in [5, 5.41) is 9.85. The number of carbonyl (C=O) groups is 1. The number of allylic oxidation sites excluding steroid dienone is 2. The summed E-state index contributed by atoms with van der Waals surface area (Å²) < 4.78 is 6.43. The van der Waals surface area contributed by atoms with Crippen molar-refractivity contribution in [1.29, 1.82) is 0 Å². The lowest BCUT2D eigenvalue weighted by Gasteiger charge is -2.37. The number of benzene rings is 1. The molecule has 33 heavy (non-hydrogen) atoms. The Kier molecular flexibility index (Phi) is 7.46. The Hall–Kier alpha value is -2.70. The number of hydrogen-bond donors (Lipinski definition) is 1. The van der Waals surface area contributed by atoms with Crippen molar-refractivity contribution >= 4 is 11.5 Å². The first-order chi connectivity index (χ1) is 16.0. The summed E-state index contributed by atoms with van der Waals surface area (Å²) in [6, 6.07) is 12.0. The number of aliphatic hydroxyl groups excluding tert-OH is 1. The van der Waals surface area contributed by atoms with Crippen LogP contribution in [-0.4, -0.2) is 64.7 Å². The molecule has 1 aliphatic carbocycles. The Labute approximate surface area is 196 Å². The third-order valence-electron chi connectivity index (χ3n) is 6.72. The SMILES string of the molecule is C[C@@H]1CN([C@@H](C)CO)C(=O)c2cc(C3=CCCC3)cnc2O[C@H]1CN(C)Cc1ccccc1. The second kappa shape index (κ2) is 10.5. The van der Waals surface area contributed by atoms with Gasteiger partial charge in [0.1, 0.15) is 11.7 Å². The van der Waals surface area contributed by atoms with Gasteiger partial charge in [0, 0.05) is 31.7 Å². The summed E-state index contributed by atoms with van der Waals surface area (Å²) in [6.07, 6.45) is 7.14. The van der Waals surface area contributed by atoms with Crippen molar-refractivity contribution in [2.75, 3.05) is 26.7 Å². The maximum Gasteiger partial charge on any atom is 0.259 e. The van der Waals surface area contributed by atoms with Crippen molar-refractivity contribution in [3.05, 3.63) is 65.4 Å². The smallest absolute Gasteiger partial charge is 0.259 e. The van der Waals surface area contributed by atoms with Crippen LogP contribution < -0.4 is 4.74 Å². The van der Waals surface area contributed by atoms with Gasteiger partial charge in [-0.15, -0.1) is 0 Å². The van der Waals surface area contributed by atoms with Crippen LogP contribution in [0.5, 0.6) is 5.88 Å². The molecule has 1 aromatic heterocycles. The van der Waals surface area contributed by atoms with Crippen LogP contribution in [0.15, 0.2) is 48.7 Å². The van der Waals surface area contributed by atoms with E-state index in [1.54, 1.807) is 4.90 Å². The van der Waals surface area contributed by atoms with Crippen molar-refractivity contribution in [2.24, 2.45) is 5.92 Å². The molecule has 1 aromatic carbocycles. The van der Waals surface area contributed by atoms with E-state index >= 15 is 0 Å². The average molecular weight is 450 g/mol. The first-order valence-corrected chi connectivity index (χ1v) is 12.0. The van der Waals surface area contributed by atoms with Crippen LogP contribution in [-0.2, 0) is 6.54 Å². The van der Waals surface area contributed by atoms with E-state index in [4.69, 9.17) is 4.74 Å². The number of nitrogens with zero attached hydrogens (tertiary/aromatic N) is 3. The third kappa shape index (κ3) is 5.45. The van der Waals surface area contributed by atoms with Gasteiger partial charge in [-0.3, -0.25) is 9.69 Å². The molecule has 2 aliphatic rings. The predicted octanol–water partition coefficient (Wildman–Crippen LogP) is 4.00. The number of likely N-dealkylation sites (N-methyl/N-ethyl adjacent to an activating group) is 1. The molecule has 3 atom stereocenters. The predicted molar refractivity (Wildman–Crippen MR) is 130 cm³/mol. The summed E-state index contributed by atoms with van der Waals surface area (Å²) in [6.45, 7) is 5.96. The van der Waals surface area contributed by atoms with Crippen molar-refractivity contribution in [1.82, 2.24) is 14.8 Å². The molecule has 0 radical (unpaired) electrons. The van der Waals surface area contributed by atoms with Crippen LogP contribution >= 0.6 is 0 Å². The summed E-state index contributed by atoms with van der Waals surface area (Å²) in [4.78, 5) is 22.2. The van der Waals surface area contributed by atoms with Crippen molar-refractivity contribution in [2.45, 2.75) is 51.8 Å². The lowest BCUT2D eigenvalue weighted by molar-refractivity contribution is 0.0325. The van der Waals surface area contributed by atoms with Crippen LogP contribution in [0.4, 0.5) is 0 Å². The minimum atomic E-state index is -0.275. The molecule has 0 unspecified atom stereocenters. The fourth-order valence-corrected chi connectivity index (χ4v) is 4.70. The number of carbonyl (C=O) groups excluding carboxylic acids is 1. The van der Waals surface area contributed by atoms with Crippen LogP contribution in [0.25, 0.3) is 5.57 Å². The third-order valence-corrected chi connectivity index (χ3v) is 6.72. The second-order valence-electron chi connectivity index (χ2n) is 9.50. The molecule has 0 spiro atoms. The van der Waals surface area contributed by atoms with E-state index in [1.165, 1.54) is 11.1 Å². The number of rotatable bonds is 7. The van der Waals surface area contributed by atoms with Crippen molar-refractivity contribution < 1.29 is 14.6 Å². The van der Waals surface area contributed by atoms with Crippen LogP contribution in [0, 0.1) is 5.92 Å². The molecular formula is C27H35N3O3. The highest BCUT2D eigenvalue weighted by Crippen LogP contribution is 2.32. The van der Waals surface area contributed by atoms with E-state index in [2.05, 4.69) is 54.2 Å². The maximum atomic E-state index is 13.5. The van der Waals surface area contributed by atoms with Gasteiger partial charge in [0.2, 0.25) is 5.88 Å². The van der Waals surface area contributed by atoms with Gasteiger partial charge in [0.15, 0.2) is 0 Å². The lowest BCUT2D eigenvalue weighted by Crippen LogP contribution is -2.49. The largest absolute Gasteiger partial charge is 0.472 e. The highest BCUT2D eigenvalue weighted by Gasteiger charge is 2.34. The number of aromatic nitrogens is 1. The molecule has 1 aliphatic heterocycles. The lowest BCUT2D eigenvalue weighted by atomic mass is 9.99. The van der Waals surface area contributed by atoms with E-state index in [0.717, 1.165) is 31.4 Å². The Morgan fingerprint density at radius 1 is 1.30 bits per heavy atom. The van der Waals surface area contributed by atoms with E-state index < -0.39 is 0 Å². The minimum absolute atomic E-state index is 0.0772. The van der Waals surface area contributed by atoms with Gasteiger partial charge < -0.3 is 14.7 Å². The number of pyridine rings is 1. The molecule has 6 heteroatoms. The van der Waals surface area contributed by atoms with Crippen molar-refractivity contribution in [3.63, 3.8) is 0 Å². The number of ether oxygens (including phenoxy) is 1. The van der Waals surface area contributed by atoms with Crippen LogP contribution in [0.3, 0.4) is 0 Å². The van der Waals surface area contributed by atoms with Gasteiger partial charge >= 0.3 is 0 Å². The molecule has 0 bridgehead atoms. The highest BCUT2D eigenvalue weighted by atomic mass is 16.5. The molecule has 0 saturated carbocycles. The summed E-state index contributed by atoms with van der Waals surface area (Å²) in [5.41, 5.74) is 3.97. The topological polar surface area (TPSA) is 65.9 Å². The van der Waals surface area contributed by atoms with E-state index in [0.29, 0.717) is 24.5 Å². The average Bonchev–Trinajstić information content (AvgIpc) is 3.36. The number of amides is 1. The zero-order valence-electron chi connectivity index (χ0n) is 19.9. The van der Waals surface area contributed by atoms with Gasteiger partial charge in [-0.05, 0) is 56.0 Å². The highest BCUT2D eigenvalue weighted by molar-refractivity contribution is 5.97. The van der Waals surface area contributed by atoms with E-state index in [-0.39, 0.29) is 30.6 Å². The molecule has 2 aromatic rings. The number of fused-ring (bicyclic) bond motifs is 1. The molecule has 4 rings (SSSR count). The monoisotopic (exact) mass is 449 g/mol. The maximum absolute atomic E-state index is 13.5. The number of aliphatic hydroxyl groups is 1. The number of hydrogen-bond acceptors (Lipinski definition) is 5. The van der Waals surface area contributed by atoms with E-state index in [1.807, 2.05) is 25.3 Å². The van der Waals surface area contributed by atoms with Crippen LogP contribution in [0.2, 0.25) is 0 Å². The fraction of sp³-hybridized carbons (Fsp3) is 0.481. The van der Waals surface area contributed by atoms with Crippen molar-refractivity contribution in [3.8, 4) is 5.88 Å². The Morgan fingerprint density at radius 3 is 2.79 bits per heavy atom. The van der Waals surface area contributed by atoms with Gasteiger partial charge in [0.05, 0.1) is 12.6 Å². The second-order valence-corrected chi connectivity index (χ2v) is 9.50. The molecule has 0 fully saturated rings. The molecule has 1 amide bonds. The Morgan fingerprint density at radius 2 is 2.09 bits per heavy atom.